The molecule has 3 rings (SSSR count). The van der Waals surface area contributed by atoms with Gasteiger partial charge in [0, 0.05) is 31.0 Å². The number of carbonyl (C=O) groups excluding carboxylic acids is 2. The molecule has 0 bridgehead atoms. The minimum absolute atomic E-state index is 0.0724. The molecule has 1 aliphatic carbocycles. The van der Waals surface area contributed by atoms with Crippen molar-refractivity contribution in [2.75, 3.05) is 13.1 Å². The number of nitrogens with one attached hydrogen (secondary N) is 1. The lowest BCUT2D eigenvalue weighted by atomic mass is 9.96. The molecule has 0 unspecified atom stereocenters. The van der Waals surface area contributed by atoms with Gasteiger partial charge in [0.25, 0.3) is 0 Å². The summed E-state index contributed by atoms with van der Waals surface area (Å²) in [6.07, 6.45) is 2.09. The Morgan fingerprint density at radius 1 is 1.27 bits per heavy atom. The minimum atomic E-state index is -0.284. The first-order valence-corrected chi connectivity index (χ1v) is 7.65. The summed E-state index contributed by atoms with van der Waals surface area (Å²) in [5.41, 5.74) is 6.21. The molecule has 1 saturated heterocycles. The van der Waals surface area contributed by atoms with Gasteiger partial charge in [-0.2, -0.15) is 0 Å². The van der Waals surface area contributed by atoms with Gasteiger partial charge in [-0.1, -0.05) is 12.1 Å². The second-order valence-corrected chi connectivity index (χ2v) is 6.12. The van der Waals surface area contributed by atoms with Gasteiger partial charge < -0.3 is 16.0 Å². The largest absolute Gasteiger partial charge is 0.369 e. The number of hydrogen-bond acceptors (Lipinski definition) is 2. The third kappa shape index (κ3) is 3.21. The Labute approximate surface area is 128 Å². The summed E-state index contributed by atoms with van der Waals surface area (Å²) in [5.74, 6) is -0.454. The van der Waals surface area contributed by atoms with Crippen molar-refractivity contribution >= 4 is 11.9 Å². The maximum Gasteiger partial charge on any atom is 0.317 e. The summed E-state index contributed by atoms with van der Waals surface area (Å²) >= 11 is 0. The van der Waals surface area contributed by atoms with E-state index in [4.69, 9.17) is 5.73 Å². The van der Waals surface area contributed by atoms with Crippen LogP contribution < -0.4 is 11.1 Å². The lowest BCUT2D eigenvalue weighted by molar-refractivity contribution is -0.123. The van der Waals surface area contributed by atoms with Crippen molar-refractivity contribution < 1.29 is 14.0 Å². The van der Waals surface area contributed by atoms with Crippen molar-refractivity contribution in [3.63, 3.8) is 0 Å². The Morgan fingerprint density at radius 3 is 2.64 bits per heavy atom. The number of primary amides is 1. The number of rotatable bonds is 3. The summed E-state index contributed by atoms with van der Waals surface area (Å²) < 4.78 is 13.2. The van der Waals surface area contributed by atoms with Gasteiger partial charge in [0.1, 0.15) is 5.82 Å². The Kier molecular flexibility index (Phi) is 4.00. The maximum atomic E-state index is 13.2. The number of benzene rings is 1. The van der Waals surface area contributed by atoms with Crippen LogP contribution in [0.25, 0.3) is 0 Å². The fourth-order valence-corrected chi connectivity index (χ4v) is 3.08. The van der Waals surface area contributed by atoms with E-state index in [9.17, 15) is 14.0 Å². The van der Waals surface area contributed by atoms with Gasteiger partial charge in [-0.25, -0.2) is 9.18 Å². The topological polar surface area (TPSA) is 75.4 Å². The molecule has 1 saturated carbocycles. The van der Waals surface area contributed by atoms with E-state index < -0.39 is 0 Å². The van der Waals surface area contributed by atoms with Crippen molar-refractivity contribution in [1.82, 2.24) is 10.2 Å². The highest BCUT2D eigenvalue weighted by molar-refractivity contribution is 5.78. The number of hydrogen-bond donors (Lipinski definition) is 2. The van der Waals surface area contributed by atoms with E-state index in [1.165, 1.54) is 12.1 Å². The molecule has 5 nitrogen and oxygen atoms in total. The van der Waals surface area contributed by atoms with E-state index in [0.717, 1.165) is 12.0 Å². The number of carbonyl (C=O) groups is 2. The van der Waals surface area contributed by atoms with Crippen LogP contribution in [0.1, 0.15) is 30.7 Å². The van der Waals surface area contributed by atoms with E-state index in [-0.39, 0.29) is 35.6 Å². The first kappa shape index (κ1) is 14.8. The predicted octanol–water partition coefficient (Wildman–Crippen LogP) is 1.59. The SMILES string of the molecule is NC(=O)C1CCN(C(=O)N[C@H]2C[C@H]2c2cccc(F)c2)CC1. The average molecular weight is 305 g/mol. The molecule has 2 atom stereocenters. The molecule has 0 aromatic heterocycles. The molecule has 2 fully saturated rings. The zero-order valence-electron chi connectivity index (χ0n) is 12.3. The second kappa shape index (κ2) is 5.94. The molecule has 1 aliphatic heterocycles. The van der Waals surface area contributed by atoms with Gasteiger partial charge >= 0.3 is 6.03 Å². The highest BCUT2D eigenvalue weighted by Gasteiger charge is 2.40. The normalized spacial score (nSPS) is 24.9. The van der Waals surface area contributed by atoms with Crippen LogP contribution in [0.3, 0.4) is 0 Å². The summed E-state index contributed by atoms with van der Waals surface area (Å²) in [7, 11) is 0. The van der Waals surface area contributed by atoms with Crippen molar-refractivity contribution in [2.24, 2.45) is 11.7 Å². The summed E-state index contributed by atoms with van der Waals surface area (Å²) in [6, 6.07) is 6.49. The Balaban J connectivity index is 1.49. The van der Waals surface area contributed by atoms with E-state index in [0.29, 0.717) is 25.9 Å². The fraction of sp³-hybridized carbons (Fsp3) is 0.500. The number of piperidine rings is 1. The molecular formula is C16H20FN3O2. The van der Waals surface area contributed by atoms with Crippen LogP contribution in [0.5, 0.6) is 0 Å². The van der Waals surface area contributed by atoms with Gasteiger partial charge in [-0.3, -0.25) is 4.79 Å². The number of likely N-dealkylation sites (tertiary alicyclic amines) is 1. The number of nitrogens with zero attached hydrogens (tertiary/aromatic N) is 1. The lowest BCUT2D eigenvalue weighted by Crippen LogP contribution is -2.47. The maximum absolute atomic E-state index is 13.2. The highest BCUT2D eigenvalue weighted by atomic mass is 19.1. The Bertz CT molecular complexity index is 585. The molecular weight excluding hydrogens is 285 g/mol. The van der Waals surface area contributed by atoms with Crippen molar-refractivity contribution in [3.05, 3.63) is 35.6 Å². The minimum Gasteiger partial charge on any atom is -0.369 e. The van der Waals surface area contributed by atoms with Crippen LogP contribution in [0.4, 0.5) is 9.18 Å². The van der Waals surface area contributed by atoms with Gasteiger partial charge in [0.15, 0.2) is 0 Å². The number of nitrogens with two attached hydrogens (primary N) is 1. The molecule has 1 heterocycles. The molecule has 22 heavy (non-hydrogen) atoms. The summed E-state index contributed by atoms with van der Waals surface area (Å²) in [5, 5.41) is 2.98. The Hall–Kier alpha value is -2.11. The van der Waals surface area contributed by atoms with Crippen molar-refractivity contribution in [3.8, 4) is 0 Å². The number of urea groups is 1. The van der Waals surface area contributed by atoms with Crippen LogP contribution in [-0.2, 0) is 4.79 Å². The molecule has 6 heteroatoms. The Morgan fingerprint density at radius 2 is 2.00 bits per heavy atom. The zero-order chi connectivity index (χ0) is 15.7. The number of amides is 3. The first-order valence-electron chi connectivity index (χ1n) is 7.65. The number of halogens is 1. The quantitative estimate of drug-likeness (QED) is 0.890. The molecule has 1 aromatic rings. The molecule has 118 valence electrons. The molecule has 0 spiro atoms. The van der Waals surface area contributed by atoms with E-state index >= 15 is 0 Å². The standard InChI is InChI=1S/C16H20FN3O2/c17-12-3-1-2-11(8-12)13-9-14(13)19-16(22)20-6-4-10(5-7-20)15(18)21/h1-3,8,10,13-14H,4-7,9H2,(H2,18,21)(H,19,22)/t13-,14-/m0/s1. The smallest absolute Gasteiger partial charge is 0.317 e. The monoisotopic (exact) mass is 305 g/mol. The van der Waals surface area contributed by atoms with Gasteiger partial charge in [0.05, 0.1) is 0 Å². The van der Waals surface area contributed by atoms with Gasteiger partial charge in [0.2, 0.25) is 5.91 Å². The van der Waals surface area contributed by atoms with E-state index in [1.807, 2.05) is 6.07 Å². The van der Waals surface area contributed by atoms with Crippen LogP contribution in [0, 0.1) is 11.7 Å². The molecule has 0 radical (unpaired) electrons. The molecule has 3 N–H and O–H groups in total. The van der Waals surface area contributed by atoms with Crippen LogP contribution >= 0.6 is 0 Å². The predicted molar refractivity (Wildman–Crippen MR) is 79.6 cm³/mol. The third-order valence-electron chi connectivity index (χ3n) is 4.56. The highest BCUT2D eigenvalue weighted by Crippen LogP contribution is 2.41. The third-order valence-corrected chi connectivity index (χ3v) is 4.56. The summed E-state index contributed by atoms with van der Waals surface area (Å²) in [4.78, 5) is 25.0. The van der Waals surface area contributed by atoms with E-state index in [1.54, 1.807) is 11.0 Å². The molecule has 3 amide bonds. The van der Waals surface area contributed by atoms with E-state index in [2.05, 4.69) is 5.32 Å². The van der Waals surface area contributed by atoms with Gasteiger partial charge in [-0.15, -0.1) is 0 Å². The average Bonchev–Trinajstić information content (AvgIpc) is 3.26. The van der Waals surface area contributed by atoms with Crippen LogP contribution in [0.2, 0.25) is 0 Å². The molecule has 1 aromatic carbocycles. The first-order chi connectivity index (χ1) is 10.5. The van der Waals surface area contributed by atoms with Crippen LogP contribution in [0.15, 0.2) is 24.3 Å². The fourth-order valence-electron chi connectivity index (χ4n) is 3.08. The van der Waals surface area contributed by atoms with Crippen molar-refractivity contribution in [1.29, 1.82) is 0 Å². The lowest BCUT2D eigenvalue weighted by Gasteiger charge is -2.30. The van der Waals surface area contributed by atoms with Gasteiger partial charge in [-0.05, 0) is 37.0 Å². The van der Waals surface area contributed by atoms with Crippen molar-refractivity contribution in [2.45, 2.75) is 31.2 Å². The second-order valence-electron chi connectivity index (χ2n) is 6.12. The summed E-state index contributed by atoms with van der Waals surface area (Å²) in [6.45, 7) is 1.10. The zero-order valence-corrected chi connectivity index (χ0v) is 12.3. The van der Waals surface area contributed by atoms with Crippen LogP contribution in [-0.4, -0.2) is 36.0 Å². The molecule has 2 aliphatic rings.